The lowest BCUT2D eigenvalue weighted by Crippen LogP contribution is -2.58. The first-order valence-electron chi connectivity index (χ1n) is 14.6. The van der Waals surface area contributed by atoms with Crippen LogP contribution >= 0.6 is 0 Å². The van der Waals surface area contributed by atoms with Crippen LogP contribution in [-0.2, 0) is 25.6 Å². The first-order valence-corrected chi connectivity index (χ1v) is 14.6. The summed E-state index contributed by atoms with van der Waals surface area (Å²) in [5, 5.41) is 18.4. The third-order valence-corrected chi connectivity index (χ3v) is 8.06. The van der Waals surface area contributed by atoms with Crippen molar-refractivity contribution in [2.24, 2.45) is 5.92 Å². The van der Waals surface area contributed by atoms with E-state index in [4.69, 9.17) is 0 Å². The largest absolute Gasteiger partial charge is 0.391 e. The summed E-state index contributed by atoms with van der Waals surface area (Å²) in [4.78, 5) is 69.4. The van der Waals surface area contributed by atoms with Gasteiger partial charge in [0.25, 0.3) is 5.91 Å². The highest BCUT2D eigenvalue weighted by Crippen LogP contribution is 2.23. The van der Waals surface area contributed by atoms with Gasteiger partial charge in [0.2, 0.25) is 23.6 Å². The monoisotopic (exact) mass is 613 g/mol. The Morgan fingerprint density at radius 1 is 1.00 bits per heavy atom. The number of amides is 5. The molecule has 2 fully saturated rings. The Bertz CT molecular complexity index is 1370. The third kappa shape index (κ3) is 7.57. The summed E-state index contributed by atoms with van der Waals surface area (Å²) < 4.78 is 29.1. The highest BCUT2D eigenvalue weighted by atomic mass is 19.1. The van der Waals surface area contributed by atoms with E-state index in [2.05, 4.69) is 16.0 Å². The molecule has 5 atom stereocenters. The van der Waals surface area contributed by atoms with Crippen LogP contribution in [0.3, 0.4) is 0 Å². The van der Waals surface area contributed by atoms with Crippen LogP contribution in [0.15, 0.2) is 48.5 Å². The van der Waals surface area contributed by atoms with Crippen molar-refractivity contribution in [2.75, 3.05) is 26.2 Å². The minimum Gasteiger partial charge on any atom is -0.391 e. The second-order valence-electron chi connectivity index (χ2n) is 11.2. The lowest BCUT2D eigenvalue weighted by Gasteiger charge is -2.32. The number of carbonyl (C=O) groups excluding carboxylic acids is 5. The van der Waals surface area contributed by atoms with Crippen LogP contribution in [0.4, 0.5) is 8.78 Å². The minimum absolute atomic E-state index is 0.0606. The van der Waals surface area contributed by atoms with E-state index < -0.39 is 83.4 Å². The molecule has 11 nitrogen and oxygen atoms in total. The van der Waals surface area contributed by atoms with E-state index in [0.29, 0.717) is 6.42 Å². The van der Waals surface area contributed by atoms with E-state index in [9.17, 15) is 37.9 Å². The number of benzene rings is 2. The molecular formula is C31H37F2N5O6. The Hall–Kier alpha value is -4.39. The Labute approximate surface area is 254 Å². The smallest absolute Gasteiger partial charge is 0.260 e. The number of halogens is 2. The molecule has 44 heavy (non-hydrogen) atoms. The van der Waals surface area contributed by atoms with E-state index in [1.807, 2.05) is 6.92 Å². The highest BCUT2D eigenvalue weighted by molar-refractivity contribution is 5.98. The molecule has 2 aromatic rings. The summed E-state index contributed by atoms with van der Waals surface area (Å²) in [5.41, 5.74) is -0.120. The van der Waals surface area contributed by atoms with E-state index >= 15 is 0 Å². The van der Waals surface area contributed by atoms with Crippen LogP contribution in [0.1, 0.15) is 42.6 Å². The molecule has 0 unspecified atom stereocenters. The number of nitrogens with zero attached hydrogens (tertiary/aromatic N) is 2. The van der Waals surface area contributed by atoms with Gasteiger partial charge in [0, 0.05) is 32.5 Å². The maximum Gasteiger partial charge on any atom is 0.260 e. The summed E-state index contributed by atoms with van der Waals surface area (Å²) in [6, 6.07) is 8.54. The van der Waals surface area contributed by atoms with Crippen LogP contribution in [0.25, 0.3) is 0 Å². The van der Waals surface area contributed by atoms with Gasteiger partial charge in [-0.2, -0.15) is 0 Å². The number of hydrogen-bond donors (Lipinski definition) is 4. The maximum absolute atomic E-state index is 14.6. The fourth-order valence-corrected chi connectivity index (χ4v) is 5.44. The van der Waals surface area contributed by atoms with Crippen molar-refractivity contribution in [2.45, 2.75) is 57.3 Å². The average molecular weight is 614 g/mol. The van der Waals surface area contributed by atoms with Gasteiger partial charge in [0.15, 0.2) is 0 Å². The van der Waals surface area contributed by atoms with Gasteiger partial charge < -0.3 is 30.9 Å². The topological polar surface area (TPSA) is 148 Å². The number of aliphatic hydroxyl groups excluding tert-OH is 1. The van der Waals surface area contributed by atoms with E-state index in [0.717, 1.165) is 28.7 Å². The molecule has 5 amide bonds. The Kier molecular flexibility index (Phi) is 10.6. The Morgan fingerprint density at radius 3 is 2.34 bits per heavy atom. The Balaban J connectivity index is 1.70. The van der Waals surface area contributed by atoms with Gasteiger partial charge in [-0.25, -0.2) is 8.78 Å². The van der Waals surface area contributed by atoms with Crippen molar-refractivity contribution in [3.8, 4) is 0 Å². The number of aliphatic hydroxyl groups is 1. The number of carbonyl (C=O) groups is 5. The fraction of sp³-hybridized carbons (Fsp3) is 0.452. The molecule has 4 rings (SSSR count). The fourth-order valence-electron chi connectivity index (χ4n) is 5.44. The van der Waals surface area contributed by atoms with Gasteiger partial charge in [-0.05, 0) is 23.6 Å². The first kappa shape index (κ1) is 32.5. The number of rotatable bonds is 5. The lowest BCUT2D eigenvalue weighted by molar-refractivity contribution is -0.143. The van der Waals surface area contributed by atoms with Gasteiger partial charge in [-0.1, -0.05) is 56.7 Å². The van der Waals surface area contributed by atoms with Crippen LogP contribution < -0.4 is 16.0 Å². The molecule has 2 aromatic carbocycles. The van der Waals surface area contributed by atoms with Crippen molar-refractivity contribution < 1.29 is 37.9 Å². The highest BCUT2D eigenvalue weighted by Gasteiger charge is 2.43. The first-order chi connectivity index (χ1) is 21.0. The molecule has 13 heteroatoms. The molecule has 0 spiro atoms. The Morgan fingerprint density at radius 2 is 1.68 bits per heavy atom. The van der Waals surface area contributed by atoms with E-state index in [1.54, 1.807) is 37.3 Å². The van der Waals surface area contributed by atoms with Crippen molar-refractivity contribution >= 4 is 29.5 Å². The zero-order valence-corrected chi connectivity index (χ0v) is 24.6. The summed E-state index contributed by atoms with van der Waals surface area (Å²) in [7, 11) is 0. The van der Waals surface area contributed by atoms with Crippen molar-refractivity contribution in [3.05, 3.63) is 71.3 Å². The molecule has 2 aliphatic heterocycles. The molecule has 236 valence electrons. The number of hydrogen-bond acceptors (Lipinski definition) is 6. The molecule has 0 bridgehead atoms. The summed E-state index contributed by atoms with van der Waals surface area (Å²) in [6.45, 7) is 2.20. The standard InChI is InChI=1S/C31H37F2N5O6/c1-3-18(2)27-31(44)38-16-20(39)15-24(38)29(42)35-23(14-19-8-5-4-6-9-19)28(41)34-12-13-37(17-25(40)36-27)30(43)26-21(32)10-7-11-22(26)33/h4-11,18,20,23-24,27,39H,3,12-17H2,1-2H3,(H,34,41)(H,35,42)(H,36,40)/t18-,20+,23-,24-,27-/m0/s1. The van der Waals surface area contributed by atoms with Crippen molar-refractivity contribution in [1.82, 2.24) is 25.8 Å². The molecule has 0 radical (unpaired) electrons. The molecule has 2 aliphatic rings. The van der Waals surface area contributed by atoms with Crippen LogP contribution in [-0.4, -0.2) is 94.9 Å². The minimum atomic E-state index is -1.12. The van der Waals surface area contributed by atoms with Crippen molar-refractivity contribution in [1.29, 1.82) is 0 Å². The number of fused-ring (bicyclic) bond motifs is 1. The lowest BCUT2D eigenvalue weighted by atomic mass is 9.97. The molecule has 2 saturated heterocycles. The summed E-state index contributed by atoms with van der Waals surface area (Å²) in [6.07, 6.45) is -0.508. The van der Waals surface area contributed by atoms with Gasteiger partial charge in [0.05, 0.1) is 12.6 Å². The molecular weight excluding hydrogens is 576 g/mol. The van der Waals surface area contributed by atoms with Gasteiger partial charge >= 0.3 is 0 Å². The van der Waals surface area contributed by atoms with Crippen LogP contribution in [0.5, 0.6) is 0 Å². The zero-order chi connectivity index (χ0) is 32.0. The third-order valence-electron chi connectivity index (χ3n) is 8.06. The zero-order valence-electron chi connectivity index (χ0n) is 24.6. The van der Waals surface area contributed by atoms with Gasteiger partial charge in [-0.15, -0.1) is 0 Å². The van der Waals surface area contributed by atoms with Crippen LogP contribution in [0.2, 0.25) is 0 Å². The molecule has 0 aliphatic carbocycles. The normalized spacial score (nSPS) is 24.4. The van der Waals surface area contributed by atoms with E-state index in [1.165, 1.54) is 4.90 Å². The molecule has 0 saturated carbocycles. The molecule has 4 N–H and O–H groups in total. The quantitative estimate of drug-likeness (QED) is 0.392. The van der Waals surface area contributed by atoms with Crippen LogP contribution in [0, 0.1) is 17.6 Å². The average Bonchev–Trinajstić information content (AvgIpc) is 3.39. The van der Waals surface area contributed by atoms with Crippen molar-refractivity contribution in [3.63, 3.8) is 0 Å². The predicted molar refractivity (Wildman–Crippen MR) is 155 cm³/mol. The SMILES string of the molecule is CC[C@H](C)[C@@H]1NC(=O)CN(C(=O)c2c(F)cccc2F)CCNC(=O)[C@H](Cc2ccccc2)NC(=O)[C@@H]2C[C@@H](O)CN2C1=O. The summed E-state index contributed by atoms with van der Waals surface area (Å²) in [5.74, 6) is -6.40. The molecule has 2 heterocycles. The van der Waals surface area contributed by atoms with E-state index in [-0.39, 0.29) is 32.5 Å². The van der Waals surface area contributed by atoms with Gasteiger partial charge in [0.1, 0.15) is 35.3 Å². The van der Waals surface area contributed by atoms with Gasteiger partial charge in [-0.3, -0.25) is 24.0 Å². The second-order valence-corrected chi connectivity index (χ2v) is 11.2. The number of nitrogens with one attached hydrogen (secondary N) is 3. The molecule has 0 aromatic heterocycles. The summed E-state index contributed by atoms with van der Waals surface area (Å²) >= 11 is 0. The maximum atomic E-state index is 14.6. The second kappa shape index (κ2) is 14.4. The predicted octanol–water partition coefficient (Wildman–Crippen LogP) is 0.757.